The summed E-state index contributed by atoms with van der Waals surface area (Å²) in [6, 6.07) is 3.36. The molecular weight excluding hydrogens is 430 g/mol. The van der Waals surface area contributed by atoms with E-state index >= 15 is 0 Å². The zero-order chi connectivity index (χ0) is 23.7. The van der Waals surface area contributed by atoms with Crippen LogP contribution in [0.25, 0.3) is 16.9 Å². The highest BCUT2D eigenvalue weighted by Gasteiger charge is 2.28. The highest BCUT2D eigenvalue weighted by atomic mass is 16.5. The van der Waals surface area contributed by atoms with E-state index in [0.29, 0.717) is 17.8 Å². The molecule has 182 valence electrons. The molecule has 2 aliphatic rings. The molecule has 2 fully saturated rings. The molecule has 3 aromatic heterocycles. The average molecular weight is 466 g/mol. The van der Waals surface area contributed by atoms with Crippen LogP contribution in [-0.4, -0.2) is 62.0 Å². The van der Waals surface area contributed by atoms with Crippen LogP contribution in [0.5, 0.6) is 0 Å². The first-order valence-corrected chi connectivity index (χ1v) is 12.5. The minimum atomic E-state index is -0.0920. The van der Waals surface area contributed by atoms with Gasteiger partial charge >= 0.3 is 0 Å². The Kier molecular flexibility index (Phi) is 6.65. The lowest BCUT2D eigenvalue weighted by Gasteiger charge is -2.33. The second-order valence-electron chi connectivity index (χ2n) is 10.0. The van der Waals surface area contributed by atoms with Crippen LogP contribution in [0.15, 0.2) is 18.6 Å². The van der Waals surface area contributed by atoms with Crippen molar-refractivity contribution < 1.29 is 9.53 Å². The third-order valence-electron chi connectivity index (χ3n) is 7.20. The molecule has 9 heteroatoms. The molecule has 0 radical (unpaired) electrons. The molecule has 34 heavy (non-hydrogen) atoms. The van der Waals surface area contributed by atoms with Gasteiger partial charge in [-0.1, -0.05) is 13.8 Å². The predicted octanol–water partition coefficient (Wildman–Crippen LogP) is 3.36. The molecule has 3 N–H and O–H groups in total. The Morgan fingerprint density at radius 2 is 1.82 bits per heavy atom. The summed E-state index contributed by atoms with van der Waals surface area (Å²) in [5.74, 6) is 0.0475. The summed E-state index contributed by atoms with van der Waals surface area (Å²) in [7, 11) is 0. The van der Waals surface area contributed by atoms with Crippen molar-refractivity contribution in [3.05, 3.63) is 35.4 Å². The summed E-state index contributed by atoms with van der Waals surface area (Å²) in [5, 5.41) is 18.9. The van der Waals surface area contributed by atoms with Crippen molar-refractivity contribution in [3.63, 3.8) is 0 Å². The van der Waals surface area contributed by atoms with Gasteiger partial charge in [-0.25, -0.2) is 9.50 Å². The number of pyridine rings is 1. The summed E-state index contributed by atoms with van der Waals surface area (Å²) in [5.41, 5.74) is 5.09. The summed E-state index contributed by atoms with van der Waals surface area (Å²) in [6.07, 6.45) is 9.83. The SMILES string of the molecule is Cc1cc(-c2[nH]nc(C(=O)NC3CCC(NC4CCOCC4)CC3)c2C(C)C)cn2ncnc12. The Labute approximate surface area is 200 Å². The summed E-state index contributed by atoms with van der Waals surface area (Å²) >= 11 is 0. The van der Waals surface area contributed by atoms with Gasteiger partial charge in [0.05, 0.1) is 5.69 Å². The lowest BCUT2D eigenvalue weighted by molar-refractivity contribution is 0.0721. The average Bonchev–Trinajstić information content (AvgIpc) is 3.49. The predicted molar refractivity (Wildman–Crippen MR) is 130 cm³/mol. The number of rotatable bonds is 6. The Balaban J connectivity index is 1.26. The number of nitrogens with one attached hydrogen (secondary N) is 3. The van der Waals surface area contributed by atoms with E-state index < -0.39 is 0 Å². The third-order valence-corrected chi connectivity index (χ3v) is 7.20. The number of nitrogens with zero attached hydrogens (tertiary/aromatic N) is 4. The fraction of sp³-hybridized carbons (Fsp3) is 0.600. The summed E-state index contributed by atoms with van der Waals surface area (Å²) < 4.78 is 7.23. The van der Waals surface area contributed by atoms with Crippen LogP contribution in [0, 0.1) is 6.92 Å². The van der Waals surface area contributed by atoms with E-state index in [9.17, 15) is 4.79 Å². The van der Waals surface area contributed by atoms with Gasteiger partial charge in [-0.3, -0.25) is 9.89 Å². The van der Waals surface area contributed by atoms with Crippen LogP contribution >= 0.6 is 0 Å². The minimum absolute atomic E-state index is 0.0920. The normalized spacial score (nSPS) is 21.9. The number of carbonyl (C=O) groups is 1. The third kappa shape index (κ3) is 4.72. The van der Waals surface area contributed by atoms with Crippen LogP contribution in [0.2, 0.25) is 0 Å². The van der Waals surface area contributed by atoms with Crippen molar-refractivity contribution in [2.24, 2.45) is 0 Å². The topological polar surface area (TPSA) is 109 Å². The quantitative estimate of drug-likeness (QED) is 0.515. The van der Waals surface area contributed by atoms with Crippen molar-refractivity contribution in [3.8, 4) is 11.3 Å². The van der Waals surface area contributed by atoms with Gasteiger partial charge < -0.3 is 15.4 Å². The Hall–Kier alpha value is -2.78. The number of aromatic amines is 1. The number of aryl methyl sites for hydroxylation is 1. The van der Waals surface area contributed by atoms with Crippen LogP contribution < -0.4 is 10.6 Å². The number of ether oxygens (including phenoxy) is 1. The van der Waals surface area contributed by atoms with Crippen LogP contribution in [0.1, 0.15) is 79.9 Å². The number of H-pyrrole nitrogens is 1. The first-order chi connectivity index (χ1) is 16.5. The van der Waals surface area contributed by atoms with E-state index in [1.165, 1.54) is 0 Å². The van der Waals surface area contributed by atoms with Gasteiger partial charge in [0.25, 0.3) is 5.91 Å². The largest absolute Gasteiger partial charge is 0.381 e. The second-order valence-corrected chi connectivity index (χ2v) is 10.0. The molecule has 5 rings (SSSR count). The fourth-order valence-electron chi connectivity index (χ4n) is 5.39. The zero-order valence-electron chi connectivity index (χ0n) is 20.3. The molecule has 0 unspecified atom stereocenters. The van der Waals surface area contributed by atoms with E-state index in [1.54, 1.807) is 10.8 Å². The first-order valence-electron chi connectivity index (χ1n) is 12.5. The molecule has 1 aliphatic heterocycles. The molecule has 3 aromatic rings. The van der Waals surface area contributed by atoms with Crippen molar-refractivity contribution in [1.29, 1.82) is 0 Å². The van der Waals surface area contributed by atoms with E-state index in [1.807, 2.05) is 13.1 Å². The van der Waals surface area contributed by atoms with Gasteiger partial charge in [-0.15, -0.1) is 0 Å². The molecule has 1 saturated carbocycles. The second kappa shape index (κ2) is 9.84. The minimum Gasteiger partial charge on any atom is -0.381 e. The number of carbonyl (C=O) groups excluding carboxylic acids is 1. The van der Waals surface area contributed by atoms with Crippen molar-refractivity contribution in [2.75, 3.05) is 13.2 Å². The number of fused-ring (bicyclic) bond motifs is 1. The van der Waals surface area contributed by atoms with E-state index in [-0.39, 0.29) is 17.9 Å². The maximum Gasteiger partial charge on any atom is 0.272 e. The standard InChI is InChI=1S/C25H35N7O2/c1-15(2)21-22(17-12-16(3)24-26-14-27-32(24)13-17)30-31-23(21)25(33)29-19-6-4-18(5-7-19)28-20-8-10-34-11-9-20/h12-15,18-20,28H,4-11H2,1-3H3,(H,29,33)(H,30,31). The first kappa shape index (κ1) is 23.0. The molecule has 0 aromatic carbocycles. The summed E-state index contributed by atoms with van der Waals surface area (Å²) in [6.45, 7) is 7.93. The molecule has 0 atom stereocenters. The number of aromatic nitrogens is 5. The maximum atomic E-state index is 13.3. The zero-order valence-corrected chi connectivity index (χ0v) is 20.3. The summed E-state index contributed by atoms with van der Waals surface area (Å²) in [4.78, 5) is 17.6. The molecule has 0 bridgehead atoms. The lowest BCUT2D eigenvalue weighted by Crippen LogP contribution is -2.46. The van der Waals surface area contributed by atoms with Gasteiger partial charge in [0.15, 0.2) is 11.3 Å². The smallest absolute Gasteiger partial charge is 0.272 e. The van der Waals surface area contributed by atoms with Gasteiger partial charge in [-0.05, 0) is 63.0 Å². The molecule has 0 spiro atoms. The monoisotopic (exact) mass is 465 g/mol. The molecular formula is C25H35N7O2. The highest BCUT2D eigenvalue weighted by molar-refractivity contribution is 5.96. The van der Waals surface area contributed by atoms with Gasteiger partial charge in [0.1, 0.15) is 6.33 Å². The number of hydrogen-bond donors (Lipinski definition) is 3. The van der Waals surface area contributed by atoms with Gasteiger partial charge in [0.2, 0.25) is 0 Å². The Morgan fingerprint density at radius 1 is 1.12 bits per heavy atom. The Morgan fingerprint density at radius 3 is 2.56 bits per heavy atom. The van der Waals surface area contributed by atoms with Gasteiger partial charge in [-0.2, -0.15) is 10.2 Å². The van der Waals surface area contributed by atoms with Gasteiger partial charge in [0, 0.05) is 48.7 Å². The van der Waals surface area contributed by atoms with Crippen LogP contribution in [-0.2, 0) is 4.74 Å². The maximum absolute atomic E-state index is 13.3. The van der Waals surface area contributed by atoms with Crippen LogP contribution in [0.4, 0.5) is 0 Å². The number of hydrogen-bond acceptors (Lipinski definition) is 6. The van der Waals surface area contributed by atoms with Crippen LogP contribution in [0.3, 0.4) is 0 Å². The van der Waals surface area contributed by atoms with E-state index in [2.05, 4.69) is 50.8 Å². The number of amides is 1. The van der Waals surface area contributed by atoms with Crippen molar-refractivity contribution in [2.45, 2.75) is 83.3 Å². The molecule has 1 amide bonds. The molecule has 1 saturated heterocycles. The fourth-order valence-corrected chi connectivity index (χ4v) is 5.39. The van der Waals surface area contributed by atoms with Crippen molar-refractivity contribution in [1.82, 2.24) is 35.4 Å². The molecule has 4 heterocycles. The highest BCUT2D eigenvalue weighted by Crippen LogP contribution is 2.31. The molecule has 9 nitrogen and oxygen atoms in total. The van der Waals surface area contributed by atoms with E-state index in [4.69, 9.17) is 4.74 Å². The molecule has 1 aliphatic carbocycles. The Bertz CT molecular complexity index is 1140. The lowest BCUT2D eigenvalue weighted by atomic mass is 9.89. The van der Waals surface area contributed by atoms with E-state index in [0.717, 1.165) is 79.8 Å². The van der Waals surface area contributed by atoms with Crippen molar-refractivity contribution >= 4 is 11.6 Å².